The van der Waals surface area contributed by atoms with Gasteiger partial charge in [-0.3, -0.25) is 14.0 Å². The lowest BCUT2D eigenvalue weighted by Crippen LogP contribution is -2.30. The number of carbonyl (C=O) groups is 2. The van der Waals surface area contributed by atoms with Gasteiger partial charge in [-0.1, -0.05) is 11.3 Å². The molecule has 0 aliphatic carbocycles. The molecule has 8 heteroatoms. The van der Waals surface area contributed by atoms with Crippen LogP contribution in [0.15, 0.2) is 30.5 Å². The summed E-state index contributed by atoms with van der Waals surface area (Å²) in [7, 11) is 1.64. The van der Waals surface area contributed by atoms with E-state index in [4.69, 9.17) is 4.74 Å². The number of hydrogen-bond acceptors (Lipinski definition) is 5. The number of methoxy groups -OCH3 is 1. The number of nitrogens with zero attached hydrogens (tertiary/aromatic N) is 3. The number of thiazole rings is 1. The van der Waals surface area contributed by atoms with Crippen LogP contribution in [0.5, 0.6) is 5.75 Å². The molecule has 2 amide bonds. The first-order chi connectivity index (χ1) is 14.1. The maximum atomic E-state index is 12.6. The van der Waals surface area contributed by atoms with Crippen LogP contribution in [-0.4, -0.2) is 52.8 Å². The fourth-order valence-electron chi connectivity index (χ4n) is 3.55. The molecule has 4 rings (SSSR count). The zero-order chi connectivity index (χ0) is 20.4. The fraction of sp³-hybridized carbons (Fsp3) is 0.381. The van der Waals surface area contributed by atoms with Gasteiger partial charge in [0, 0.05) is 43.5 Å². The number of aryl methyl sites for hydroxylation is 1. The molecular formula is C21H24N4O3S. The monoisotopic (exact) mass is 412 g/mol. The smallest absolute Gasteiger partial charge is 0.263 e. The van der Waals surface area contributed by atoms with Crippen molar-refractivity contribution < 1.29 is 14.3 Å². The molecule has 1 fully saturated rings. The van der Waals surface area contributed by atoms with Crippen LogP contribution in [0.3, 0.4) is 0 Å². The van der Waals surface area contributed by atoms with E-state index in [1.165, 1.54) is 11.3 Å². The molecule has 0 spiro atoms. The van der Waals surface area contributed by atoms with Crippen LogP contribution in [-0.2, 0) is 4.79 Å². The van der Waals surface area contributed by atoms with E-state index in [1.54, 1.807) is 7.11 Å². The van der Waals surface area contributed by atoms with Crippen molar-refractivity contribution in [2.45, 2.75) is 26.2 Å². The third-order valence-corrected chi connectivity index (χ3v) is 6.37. The first kappa shape index (κ1) is 19.4. The van der Waals surface area contributed by atoms with Crippen molar-refractivity contribution in [1.82, 2.24) is 19.6 Å². The molecule has 0 unspecified atom stereocenters. The van der Waals surface area contributed by atoms with Gasteiger partial charge in [0.1, 0.15) is 10.6 Å². The third-order valence-electron chi connectivity index (χ3n) is 5.21. The van der Waals surface area contributed by atoms with Gasteiger partial charge in [-0.15, -0.1) is 0 Å². The lowest BCUT2D eigenvalue weighted by atomic mass is 10.2. The van der Waals surface area contributed by atoms with Gasteiger partial charge in [0.2, 0.25) is 5.91 Å². The van der Waals surface area contributed by atoms with Gasteiger partial charge in [-0.05, 0) is 44.0 Å². The van der Waals surface area contributed by atoms with Crippen LogP contribution in [0.1, 0.15) is 34.6 Å². The Bertz CT molecular complexity index is 1040. The number of benzene rings is 1. The summed E-state index contributed by atoms with van der Waals surface area (Å²) in [6.45, 7) is 4.03. The predicted octanol–water partition coefficient (Wildman–Crippen LogP) is 3.12. The number of nitrogens with one attached hydrogen (secondary N) is 1. The minimum absolute atomic E-state index is 0.0863. The number of rotatable bonds is 7. The van der Waals surface area contributed by atoms with Crippen LogP contribution in [0.2, 0.25) is 0 Å². The summed E-state index contributed by atoms with van der Waals surface area (Å²) >= 11 is 1.39. The molecule has 1 N–H and O–H groups in total. The molecule has 152 valence electrons. The highest BCUT2D eigenvalue weighted by molar-refractivity contribution is 7.19. The van der Waals surface area contributed by atoms with Crippen LogP contribution < -0.4 is 10.1 Å². The van der Waals surface area contributed by atoms with Crippen molar-refractivity contribution in [2.24, 2.45) is 0 Å². The normalized spacial score (nSPS) is 14.0. The van der Waals surface area contributed by atoms with Gasteiger partial charge in [-0.2, -0.15) is 0 Å². The van der Waals surface area contributed by atoms with Crippen molar-refractivity contribution in [3.63, 3.8) is 0 Å². The molecule has 0 atom stereocenters. The Morgan fingerprint density at radius 2 is 2.10 bits per heavy atom. The summed E-state index contributed by atoms with van der Waals surface area (Å²) < 4.78 is 7.16. The second-order valence-corrected chi connectivity index (χ2v) is 8.10. The van der Waals surface area contributed by atoms with Crippen LogP contribution in [0.4, 0.5) is 0 Å². The van der Waals surface area contributed by atoms with Gasteiger partial charge in [0.15, 0.2) is 4.96 Å². The molecule has 3 aromatic rings. The highest BCUT2D eigenvalue weighted by atomic mass is 32.1. The van der Waals surface area contributed by atoms with Crippen LogP contribution >= 0.6 is 11.3 Å². The van der Waals surface area contributed by atoms with Gasteiger partial charge >= 0.3 is 0 Å². The Balaban J connectivity index is 1.40. The lowest BCUT2D eigenvalue weighted by molar-refractivity contribution is -0.127. The number of imidazole rings is 1. The summed E-state index contributed by atoms with van der Waals surface area (Å²) in [6, 6.07) is 7.76. The van der Waals surface area contributed by atoms with E-state index >= 15 is 0 Å². The Morgan fingerprint density at radius 3 is 2.76 bits per heavy atom. The van der Waals surface area contributed by atoms with Gasteiger partial charge < -0.3 is 15.0 Å². The molecule has 3 heterocycles. The number of aromatic nitrogens is 2. The molecule has 1 aliphatic rings. The zero-order valence-corrected chi connectivity index (χ0v) is 17.4. The molecule has 0 saturated carbocycles. The average molecular weight is 413 g/mol. The number of fused-ring (bicyclic) bond motifs is 1. The number of hydrogen-bond donors (Lipinski definition) is 1. The SMILES string of the molecule is COc1ccc(-c2cn3c(C)c(C(=O)NCCCN4CCCC4=O)sc3n2)cc1. The Kier molecular flexibility index (Phi) is 5.53. The molecule has 2 aromatic heterocycles. The Morgan fingerprint density at radius 1 is 1.31 bits per heavy atom. The number of likely N-dealkylation sites (tertiary alicyclic amines) is 1. The highest BCUT2D eigenvalue weighted by Crippen LogP contribution is 2.28. The van der Waals surface area contributed by atoms with Gasteiger partial charge in [0.05, 0.1) is 12.8 Å². The summed E-state index contributed by atoms with van der Waals surface area (Å²) in [5.74, 6) is 0.940. The predicted molar refractivity (Wildman–Crippen MR) is 113 cm³/mol. The van der Waals surface area contributed by atoms with E-state index < -0.39 is 0 Å². The second kappa shape index (κ2) is 8.24. The number of ether oxygens (including phenoxy) is 1. The summed E-state index contributed by atoms with van der Waals surface area (Å²) in [5, 5.41) is 2.97. The van der Waals surface area contributed by atoms with E-state index in [-0.39, 0.29) is 11.8 Å². The van der Waals surface area contributed by atoms with Crippen molar-refractivity contribution in [3.8, 4) is 17.0 Å². The molecule has 0 bridgehead atoms. The third kappa shape index (κ3) is 3.98. The largest absolute Gasteiger partial charge is 0.497 e. The molecule has 7 nitrogen and oxygen atoms in total. The molecule has 29 heavy (non-hydrogen) atoms. The molecular weight excluding hydrogens is 388 g/mol. The van der Waals surface area contributed by atoms with Crippen molar-refractivity contribution in [3.05, 3.63) is 41.0 Å². The molecule has 1 aromatic carbocycles. The molecule has 1 aliphatic heterocycles. The van der Waals surface area contributed by atoms with Crippen molar-refractivity contribution >= 4 is 28.1 Å². The fourth-order valence-corrected chi connectivity index (χ4v) is 4.58. The quantitative estimate of drug-likeness (QED) is 0.605. The van der Waals surface area contributed by atoms with Crippen LogP contribution in [0, 0.1) is 6.92 Å². The maximum Gasteiger partial charge on any atom is 0.263 e. The summed E-state index contributed by atoms with van der Waals surface area (Å²) in [4.78, 5) is 32.2. The topological polar surface area (TPSA) is 75.9 Å². The number of carbonyl (C=O) groups excluding carboxylic acids is 2. The van der Waals surface area contributed by atoms with Gasteiger partial charge in [0.25, 0.3) is 5.91 Å². The van der Waals surface area contributed by atoms with Crippen LogP contribution in [0.25, 0.3) is 16.2 Å². The first-order valence-electron chi connectivity index (χ1n) is 9.75. The van der Waals surface area contributed by atoms with E-state index in [1.807, 2.05) is 46.7 Å². The average Bonchev–Trinajstić information content (AvgIpc) is 3.42. The minimum atomic E-state index is -0.0863. The standard InChI is InChI=1S/C21H24N4O3S/c1-14-19(20(27)22-10-4-12-24-11-3-5-18(24)26)29-21-23-17(13-25(14)21)15-6-8-16(28-2)9-7-15/h6-9,13H,3-5,10-12H2,1-2H3,(H,22,27). The van der Waals surface area contributed by atoms with Crippen molar-refractivity contribution in [1.29, 1.82) is 0 Å². The second-order valence-electron chi connectivity index (χ2n) is 7.12. The summed E-state index contributed by atoms with van der Waals surface area (Å²) in [5.41, 5.74) is 2.75. The van der Waals surface area contributed by atoms with E-state index in [2.05, 4.69) is 10.3 Å². The number of amides is 2. The summed E-state index contributed by atoms with van der Waals surface area (Å²) in [6.07, 6.45) is 4.32. The lowest BCUT2D eigenvalue weighted by Gasteiger charge is -2.15. The highest BCUT2D eigenvalue weighted by Gasteiger charge is 2.20. The Hall–Kier alpha value is -2.87. The molecule has 0 radical (unpaired) electrons. The maximum absolute atomic E-state index is 12.6. The van der Waals surface area contributed by atoms with E-state index in [9.17, 15) is 9.59 Å². The molecule has 1 saturated heterocycles. The Labute approximate surface area is 173 Å². The van der Waals surface area contributed by atoms with E-state index in [0.717, 1.165) is 47.0 Å². The van der Waals surface area contributed by atoms with Gasteiger partial charge in [-0.25, -0.2) is 4.98 Å². The first-order valence-corrected chi connectivity index (χ1v) is 10.6. The van der Waals surface area contributed by atoms with E-state index in [0.29, 0.717) is 24.4 Å². The zero-order valence-electron chi connectivity index (χ0n) is 16.6. The van der Waals surface area contributed by atoms with Crippen molar-refractivity contribution in [2.75, 3.05) is 26.7 Å². The minimum Gasteiger partial charge on any atom is -0.497 e.